The monoisotopic (exact) mass is 611 g/mol. The van der Waals surface area contributed by atoms with Crippen LogP contribution in [0.25, 0.3) is 11.3 Å². The summed E-state index contributed by atoms with van der Waals surface area (Å²) in [4.78, 5) is 41.0. The first-order valence-corrected chi connectivity index (χ1v) is 15.4. The zero-order valence-corrected chi connectivity index (χ0v) is 26.9. The number of rotatable bonds is 12. The van der Waals surface area contributed by atoms with Gasteiger partial charge in [0.2, 0.25) is 5.91 Å². The fraction of sp³-hybridized carbons (Fsp3) is 0.448. The lowest BCUT2D eigenvalue weighted by molar-refractivity contribution is -0.117. The second kappa shape index (κ2) is 13.3. The van der Waals surface area contributed by atoms with Gasteiger partial charge in [-0.1, -0.05) is 6.07 Å². The molecular formula is C29H40B3N9O4. The number of carbonyl (C=O) groups is 3. The summed E-state index contributed by atoms with van der Waals surface area (Å²) in [6.45, 7) is 1.69. The summed E-state index contributed by atoms with van der Waals surface area (Å²) in [5.41, 5.74) is 2.55. The molecule has 1 aromatic carbocycles. The summed E-state index contributed by atoms with van der Waals surface area (Å²) in [6.07, 6.45) is 4.93. The maximum Gasteiger partial charge on any atom is 0.272 e. The number of para-hydroxylation sites is 1. The number of likely N-dealkylation sites (tertiary alicyclic amines) is 1. The molecule has 3 amide bonds. The Kier molecular flexibility index (Phi) is 9.52. The minimum absolute atomic E-state index is 0.0248. The van der Waals surface area contributed by atoms with Crippen LogP contribution in [0.1, 0.15) is 53.1 Å². The molecule has 234 valence electrons. The van der Waals surface area contributed by atoms with Gasteiger partial charge < -0.3 is 30.9 Å². The molecule has 4 N–H and O–H groups in total. The van der Waals surface area contributed by atoms with Crippen LogP contribution < -0.4 is 26.0 Å². The number of ether oxygens (including phenoxy) is 1. The van der Waals surface area contributed by atoms with E-state index in [0.29, 0.717) is 46.7 Å². The highest BCUT2D eigenvalue weighted by atomic mass is 16.5. The van der Waals surface area contributed by atoms with Crippen molar-refractivity contribution in [3.8, 4) is 17.0 Å². The summed E-state index contributed by atoms with van der Waals surface area (Å²) in [7, 11) is 11.0. The van der Waals surface area contributed by atoms with Gasteiger partial charge in [-0.15, -0.1) is 10.2 Å². The summed E-state index contributed by atoms with van der Waals surface area (Å²) in [6, 6.07) is 9.29. The van der Waals surface area contributed by atoms with E-state index in [0.717, 1.165) is 32.2 Å². The number of nitrogens with one attached hydrogen (secondary N) is 4. The van der Waals surface area contributed by atoms with Crippen molar-refractivity contribution in [1.82, 2.24) is 35.5 Å². The first-order valence-electron chi connectivity index (χ1n) is 15.4. The minimum Gasteiger partial charge on any atom is -0.494 e. The van der Waals surface area contributed by atoms with Gasteiger partial charge in [0, 0.05) is 37.2 Å². The van der Waals surface area contributed by atoms with Crippen LogP contribution in [0.4, 0.5) is 17.2 Å². The average Bonchev–Trinajstić information content (AvgIpc) is 3.65. The molecule has 1 aliphatic heterocycles. The quantitative estimate of drug-likeness (QED) is 0.197. The third-order valence-corrected chi connectivity index (χ3v) is 8.01. The first kappa shape index (κ1) is 32.1. The molecule has 1 saturated heterocycles. The zero-order chi connectivity index (χ0) is 32.3. The number of hydrogen-bond donors (Lipinski definition) is 4. The van der Waals surface area contributed by atoms with Crippen LogP contribution >= 0.6 is 0 Å². The molecule has 2 aromatic heterocycles. The summed E-state index contributed by atoms with van der Waals surface area (Å²) in [5, 5.41) is 24.4. The van der Waals surface area contributed by atoms with Crippen LogP contribution in [-0.2, 0) is 11.8 Å². The predicted octanol–water partition coefficient (Wildman–Crippen LogP) is -0.568. The van der Waals surface area contributed by atoms with Crippen molar-refractivity contribution in [2.45, 2.75) is 43.4 Å². The summed E-state index contributed by atoms with van der Waals surface area (Å²) < 4.78 is 7.39. The van der Waals surface area contributed by atoms with E-state index in [-0.39, 0.29) is 29.2 Å². The highest BCUT2D eigenvalue weighted by molar-refractivity contribution is 6.60. The number of aromatic nitrogens is 4. The molecule has 0 bridgehead atoms. The van der Waals surface area contributed by atoms with Gasteiger partial charge in [-0.2, -0.15) is 5.10 Å². The van der Waals surface area contributed by atoms with E-state index in [1.54, 1.807) is 37.0 Å². The van der Waals surface area contributed by atoms with Crippen LogP contribution in [0.2, 0.25) is 0 Å². The van der Waals surface area contributed by atoms with Crippen LogP contribution in [-0.4, -0.2) is 105 Å². The molecule has 3 aromatic rings. The second-order valence-electron chi connectivity index (χ2n) is 12.8. The number of nitrogens with zero attached hydrogens (tertiary/aromatic N) is 5. The van der Waals surface area contributed by atoms with Crippen LogP contribution in [0.5, 0.6) is 5.75 Å². The Morgan fingerprint density at radius 3 is 2.49 bits per heavy atom. The number of hydrogen-bond acceptors (Lipinski definition) is 9. The lowest BCUT2D eigenvalue weighted by atomic mass is 9.49. The summed E-state index contributed by atoms with van der Waals surface area (Å²) >= 11 is 0. The lowest BCUT2D eigenvalue weighted by Crippen LogP contribution is -2.50. The number of anilines is 3. The fourth-order valence-electron chi connectivity index (χ4n) is 5.49. The maximum atomic E-state index is 13.2. The Balaban J connectivity index is 1.40. The molecule has 1 atom stereocenters. The van der Waals surface area contributed by atoms with Gasteiger partial charge in [0.25, 0.3) is 11.8 Å². The molecular weight excluding hydrogens is 571 g/mol. The Morgan fingerprint density at radius 2 is 1.82 bits per heavy atom. The zero-order valence-electron chi connectivity index (χ0n) is 26.9. The smallest absolute Gasteiger partial charge is 0.272 e. The molecule has 1 aliphatic carbocycles. The van der Waals surface area contributed by atoms with E-state index >= 15 is 0 Å². The van der Waals surface area contributed by atoms with E-state index in [4.69, 9.17) is 4.74 Å². The Labute approximate surface area is 265 Å². The molecule has 2 fully saturated rings. The Bertz CT molecular complexity index is 1590. The normalized spacial score (nSPS) is 16.6. The van der Waals surface area contributed by atoms with E-state index in [2.05, 4.69) is 48.5 Å². The second-order valence-corrected chi connectivity index (χ2v) is 12.8. The predicted molar refractivity (Wildman–Crippen MR) is 180 cm³/mol. The first-order chi connectivity index (χ1) is 21.4. The average molecular weight is 611 g/mol. The molecule has 13 nitrogen and oxygen atoms in total. The third kappa shape index (κ3) is 7.85. The molecule has 1 unspecified atom stereocenters. The van der Waals surface area contributed by atoms with Crippen molar-refractivity contribution in [2.75, 3.05) is 37.9 Å². The van der Waals surface area contributed by atoms with Gasteiger partial charge in [-0.05, 0) is 69.1 Å². The number of amides is 3. The molecule has 0 spiro atoms. The molecule has 0 radical (unpaired) electrons. The number of benzene rings is 1. The van der Waals surface area contributed by atoms with Gasteiger partial charge in [0.1, 0.15) is 29.2 Å². The van der Waals surface area contributed by atoms with Gasteiger partial charge in [-0.3, -0.25) is 19.1 Å². The van der Waals surface area contributed by atoms with Crippen molar-refractivity contribution in [3.63, 3.8) is 0 Å². The van der Waals surface area contributed by atoms with E-state index in [1.165, 1.54) is 6.42 Å². The fourth-order valence-corrected chi connectivity index (χ4v) is 5.49. The van der Waals surface area contributed by atoms with Gasteiger partial charge >= 0.3 is 0 Å². The standard InChI is InChI=1S/C29H40B3N9O4/c1-40-13-5-6-17(40)11-12-33-27(43)22-14-20(39-41(22)2)18-7-4-8-19(25(18)45-3)34-21-15-23(35-26(42)16-9-10-16)37-38-24(21)28(44)36-29(30,31)32/h4,7-8,14-17H,5-6,9-13,30-32H2,1-3H3,(H,33,43)(H,36,44)(H2,34,35,37,42). The van der Waals surface area contributed by atoms with Crippen molar-refractivity contribution in [1.29, 1.82) is 0 Å². The van der Waals surface area contributed by atoms with Crippen LogP contribution in [0.15, 0.2) is 30.3 Å². The molecule has 45 heavy (non-hydrogen) atoms. The van der Waals surface area contributed by atoms with Crippen LogP contribution in [0, 0.1) is 5.92 Å². The topological polar surface area (TPSA) is 155 Å². The molecule has 16 heteroatoms. The highest BCUT2D eigenvalue weighted by Gasteiger charge is 2.30. The minimum atomic E-state index is -0.512. The van der Waals surface area contributed by atoms with Crippen molar-refractivity contribution in [3.05, 3.63) is 41.7 Å². The number of aryl methyl sites for hydroxylation is 1. The molecule has 1 saturated carbocycles. The lowest BCUT2D eigenvalue weighted by Gasteiger charge is -2.22. The SMILES string of the molecule is BC(B)(B)NC(=O)c1nnc(NC(=O)C2CC2)cc1Nc1cccc(-c2cc(C(=O)NCCC3CCCN3C)n(C)n2)c1OC. The van der Waals surface area contributed by atoms with Crippen molar-refractivity contribution in [2.24, 2.45) is 13.0 Å². The molecule has 2 aliphatic rings. The Hall–Kier alpha value is -4.33. The Morgan fingerprint density at radius 1 is 1.04 bits per heavy atom. The van der Waals surface area contributed by atoms with E-state index in [9.17, 15) is 14.4 Å². The third-order valence-electron chi connectivity index (χ3n) is 8.01. The van der Waals surface area contributed by atoms with Crippen molar-refractivity contribution >= 4 is 58.5 Å². The van der Waals surface area contributed by atoms with E-state index < -0.39 is 11.1 Å². The van der Waals surface area contributed by atoms with Crippen molar-refractivity contribution < 1.29 is 19.1 Å². The largest absolute Gasteiger partial charge is 0.494 e. The maximum absolute atomic E-state index is 13.2. The number of methoxy groups -OCH3 is 1. The van der Waals surface area contributed by atoms with E-state index in [1.807, 2.05) is 35.7 Å². The van der Waals surface area contributed by atoms with Gasteiger partial charge in [0.15, 0.2) is 17.3 Å². The molecule has 5 rings (SSSR count). The van der Waals surface area contributed by atoms with Crippen LogP contribution in [0.3, 0.4) is 0 Å². The van der Waals surface area contributed by atoms with Gasteiger partial charge in [-0.25, -0.2) is 0 Å². The number of carbonyl (C=O) groups excluding carboxylic acids is 3. The van der Waals surface area contributed by atoms with Gasteiger partial charge in [0.05, 0.1) is 24.2 Å². The molecule has 3 heterocycles. The summed E-state index contributed by atoms with van der Waals surface area (Å²) in [5.74, 6) is -0.0760. The highest BCUT2D eigenvalue weighted by Crippen LogP contribution is 2.38.